The zero-order valence-corrected chi connectivity index (χ0v) is 47.9. The topological polar surface area (TPSA) is 95.9 Å². The van der Waals surface area contributed by atoms with Crippen molar-refractivity contribution in [2.45, 2.75) is 334 Å². The van der Waals surface area contributed by atoms with E-state index < -0.39 is 12.1 Å². The van der Waals surface area contributed by atoms with E-state index in [9.17, 15) is 19.8 Å². The molecule has 6 nitrogen and oxygen atoms in total. The average Bonchev–Trinajstić information content (AvgIpc) is 3.38. The molecule has 0 saturated carbocycles. The van der Waals surface area contributed by atoms with Gasteiger partial charge in [0.15, 0.2) is 0 Å². The second-order valence-electron chi connectivity index (χ2n) is 21.4. The molecule has 0 aromatic carbocycles. The number of amides is 1. The third-order valence-electron chi connectivity index (χ3n) is 14.3. The molecule has 72 heavy (non-hydrogen) atoms. The number of carbonyl (C=O) groups is 2. The number of rotatable bonds is 58. The molecule has 0 fully saturated rings. The Morgan fingerprint density at radius 3 is 1.07 bits per heavy atom. The SMILES string of the molecule is CCCCCC/C=C\C/C=C\CCCCCCCC(=O)OCCCCC/C=C\C/C=C\CCCCCCCCCC(=O)NC(CO)C(O)/C=C/CCCCCCCCCCCCCCCCCCCCCC. The molecule has 0 bridgehead atoms. The Kier molecular flexibility index (Phi) is 59.0. The summed E-state index contributed by atoms with van der Waals surface area (Å²) in [4.78, 5) is 24.6. The van der Waals surface area contributed by atoms with E-state index in [4.69, 9.17) is 4.74 Å². The first kappa shape index (κ1) is 69.6. The summed E-state index contributed by atoms with van der Waals surface area (Å²) < 4.78 is 5.45. The highest BCUT2D eigenvalue weighted by Crippen LogP contribution is 2.17. The van der Waals surface area contributed by atoms with Gasteiger partial charge in [-0.1, -0.05) is 267 Å². The number of allylic oxidation sites excluding steroid dienone is 9. The first-order chi connectivity index (χ1) is 35.5. The predicted octanol–water partition coefficient (Wildman–Crippen LogP) is 19.9. The van der Waals surface area contributed by atoms with E-state index in [1.54, 1.807) is 6.08 Å². The smallest absolute Gasteiger partial charge is 0.305 e. The van der Waals surface area contributed by atoms with Gasteiger partial charge in [-0.15, -0.1) is 0 Å². The minimum atomic E-state index is -0.858. The third-order valence-corrected chi connectivity index (χ3v) is 14.3. The quantitative estimate of drug-likeness (QED) is 0.0320. The van der Waals surface area contributed by atoms with Crippen molar-refractivity contribution in [2.75, 3.05) is 13.2 Å². The summed E-state index contributed by atoms with van der Waals surface area (Å²) in [7, 11) is 0. The third kappa shape index (κ3) is 56.8. The van der Waals surface area contributed by atoms with Crippen LogP contribution in [0, 0.1) is 0 Å². The fourth-order valence-corrected chi connectivity index (χ4v) is 9.40. The highest BCUT2D eigenvalue weighted by molar-refractivity contribution is 5.76. The molecule has 0 aromatic heterocycles. The summed E-state index contributed by atoms with van der Waals surface area (Å²) in [5.41, 5.74) is 0. The lowest BCUT2D eigenvalue weighted by atomic mass is 10.0. The summed E-state index contributed by atoms with van der Waals surface area (Å²) in [5, 5.41) is 23.2. The minimum absolute atomic E-state index is 0.0301. The van der Waals surface area contributed by atoms with Crippen LogP contribution in [-0.4, -0.2) is 47.4 Å². The van der Waals surface area contributed by atoms with Crippen LogP contribution in [0.1, 0.15) is 322 Å². The van der Waals surface area contributed by atoms with Crippen LogP contribution >= 0.6 is 0 Å². The lowest BCUT2D eigenvalue weighted by Crippen LogP contribution is -2.45. The molecule has 0 aliphatic heterocycles. The highest BCUT2D eigenvalue weighted by Gasteiger charge is 2.18. The molecule has 2 unspecified atom stereocenters. The Bertz CT molecular complexity index is 1250. The number of unbranched alkanes of at least 4 members (excludes halogenated alkanes) is 39. The molecule has 0 rings (SSSR count). The summed E-state index contributed by atoms with van der Waals surface area (Å²) >= 11 is 0. The van der Waals surface area contributed by atoms with E-state index >= 15 is 0 Å². The Morgan fingerprint density at radius 1 is 0.389 bits per heavy atom. The van der Waals surface area contributed by atoms with Crippen LogP contribution in [0.15, 0.2) is 60.8 Å². The van der Waals surface area contributed by atoms with E-state index in [0.717, 1.165) is 96.3 Å². The number of aliphatic hydroxyl groups is 2. The molecule has 2 atom stereocenters. The normalized spacial score (nSPS) is 13.0. The van der Waals surface area contributed by atoms with Gasteiger partial charge in [0.05, 0.1) is 25.4 Å². The van der Waals surface area contributed by atoms with Gasteiger partial charge in [0.25, 0.3) is 0 Å². The van der Waals surface area contributed by atoms with Crippen molar-refractivity contribution in [3.8, 4) is 0 Å². The summed E-state index contributed by atoms with van der Waals surface area (Å²) in [5.74, 6) is -0.113. The number of hydrogen-bond acceptors (Lipinski definition) is 5. The van der Waals surface area contributed by atoms with E-state index in [-0.39, 0.29) is 18.5 Å². The maximum Gasteiger partial charge on any atom is 0.305 e. The van der Waals surface area contributed by atoms with Crippen LogP contribution in [0.3, 0.4) is 0 Å². The number of esters is 1. The Hall–Kier alpha value is -2.44. The molecule has 0 aliphatic carbocycles. The second kappa shape index (κ2) is 61.1. The largest absolute Gasteiger partial charge is 0.466 e. The van der Waals surface area contributed by atoms with Crippen molar-refractivity contribution in [3.63, 3.8) is 0 Å². The maximum absolute atomic E-state index is 12.5. The van der Waals surface area contributed by atoms with E-state index in [2.05, 4.69) is 67.8 Å². The number of nitrogens with one attached hydrogen (secondary N) is 1. The van der Waals surface area contributed by atoms with Crippen LogP contribution < -0.4 is 5.32 Å². The molecule has 3 N–H and O–H groups in total. The van der Waals surface area contributed by atoms with Crippen LogP contribution in [0.4, 0.5) is 0 Å². The van der Waals surface area contributed by atoms with Gasteiger partial charge >= 0.3 is 5.97 Å². The van der Waals surface area contributed by atoms with E-state index in [0.29, 0.717) is 19.4 Å². The van der Waals surface area contributed by atoms with Gasteiger partial charge in [-0.05, 0) is 103 Å². The first-order valence-electron chi connectivity index (χ1n) is 31.6. The second-order valence-corrected chi connectivity index (χ2v) is 21.4. The van der Waals surface area contributed by atoms with Crippen LogP contribution in [0.5, 0.6) is 0 Å². The summed E-state index contributed by atoms with van der Waals surface area (Å²) in [6, 6.07) is -0.643. The molecule has 1 amide bonds. The monoisotopic (exact) mass is 1010 g/mol. The lowest BCUT2D eigenvalue weighted by molar-refractivity contribution is -0.143. The molecule has 420 valence electrons. The zero-order chi connectivity index (χ0) is 52.2. The van der Waals surface area contributed by atoms with Crippen molar-refractivity contribution >= 4 is 11.9 Å². The fourth-order valence-electron chi connectivity index (χ4n) is 9.40. The molecule has 0 aliphatic rings. The molecule has 0 radical (unpaired) electrons. The summed E-state index contributed by atoms with van der Waals surface area (Å²) in [6.45, 7) is 4.85. The fraction of sp³-hybridized carbons (Fsp3) is 0.818. The number of aliphatic hydroxyl groups excluding tert-OH is 2. The van der Waals surface area contributed by atoms with Crippen molar-refractivity contribution in [1.29, 1.82) is 0 Å². The molecule has 0 aromatic rings. The molecular weight excluding hydrogens is 887 g/mol. The molecule has 0 saturated heterocycles. The average molecular weight is 1010 g/mol. The Balaban J connectivity index is 3.54. The van der Waals surface area contributed by atoms with Crippen molar-refractivity contribution in [3.05, 3.63) is 60.8 Å². The predicted molar refractivity (Wildman–Crippen MR) is 315 cm³/mol. The van der Waals surface area contributed by atoms with Gasteiger partial charge in [0.1, 0.15) is 0 Å². The van der Waals surface area contributed by atoms with E-state index in [1.165, 1.54) is 199 Å². The first-order valence-corrected chi connectivity index (χ1v) is 31.6. The molecule has 0 heterocycles. The molecular formula is C66H121NO5. The van der Waals surface area contributed by atoms with Gasteiger partial charge < -0.3 is 20.3 Å². The van der Waals surface area contributed by atoms with Gasteiger partial charge in [-0.3, -0.25) is 9.59 Å². The standard InChI is InChI=1S/C66H121NO5/c1-3-5-7-9-11-13-15-17-19-21-22-23-24-25-27-30-34-38-42-46-50-54-58-64(69)63(62-68)67-65(70)59-55-51-47-43-39-35-31-28-26-29-33-37-41-45-49-53-57-61-72-66(71)60-56-52-48-44-40-36-32-20-18-16-14-12-10-8-6-4-2/h14,16,20,26,29,32,37,41,54,58,63-64,68-69H,3-13,15,17-19,21-25,27-28,30-31,33-36,38-40,42-53,55-57,59-62H2,1-2H3,(H,67,70)/b16-14-,29-26-,32-20-,41-37-,58-54+. The Morgan fingerprint density at radius 2 is 0.694 bits per heavy atom. The number of ether oxygens (including phenoxy) is 1. The van der Waals surface area contributed by atoms with Gasteiger partial charge in [0.2, 0.25) is 5.91 Å². The van der Waals surface area contributed by atoms with Gasteiger partial charge in [0, 0.05) is 12.8 Å². The zero-order valence-electron chi connectivity index (χ0n) is 47.9. The maximum atomic E-state index is 12.5. The molecule has 0 spiro atoms. The van der Waals surface area contributed by atoms with Crippen LogP contribution in [-0.2, 0) is 14.3 Å². The summed E-state index contributed by atoms with van der Waals surface area (Å²) in [6.07, 6.45) is 79.7. The lowest BCUT2D eigenvalue weighted by Gasteiger charge is -2.20. The van der Waals surface area contributed by atoms with Crippen molar-refractivity contribution in [2.24, 2.45) is 0 Å². The van der Waals surface area contributed by atoms with Crippen molar-refractivity contribution < 1.29 is 24.5 Å². The van der Waals surface area contributed by atoms with E-state index in [1.807, 2.05) is 6.08 Å². The van der Waals surface area contributed by atoms with Crippen LogP contribution in [0.2, 0.25) is 0 Å². The molecule has 6 heteroatoms. The number of hydrogen-bond donors (Lipinski definition) is 3. The van der Waals surface area contributed by atoms with Crippen molar-refractivity contribution in [1.82, 2.24) is 5.32 Å². The van der Waals surface area contributed by atoms with Crippen LogP contribution in [0.25, 0.3) is 0 Å². The highest BCUT2D eigenvalue weighted by atomic mass is 16.5. The number of carbonyl (C=O) groups excluding carboxylic acids is 2. The van der Waals surface area contributed by atoms with Gasteiger partial charge in [-0.2, -0.15) is 0 Å². The minimum Gasteiger partial charge on any atom is -0.466 e. The van der Waals surface area contributed by atoms with Gasteiger partial charge in [-0.25, -0.2) is 0 Å². The Labute approximate surface area is 448 Å².